The molecule has 4 nitrogen and oxygen atoms in total. The molecule has 17 heavy (non-hydrogen) atoms. The van der Waals surface area contributed by atoms with Gasteiger partial charge in [-0.1, -0.05) is 12.1 Å². The zero-order valence-corrected chi connectivity index (χ0v) is 11.2. The molecule has 0 radical (unpaired) electrons. The van der Waals surface area contributed by atoms with Crippen molar-refractivity contribution in [3.8, 4) is 5.75 Å². The Hall–Kier alpha value is -1.07. The Morgan fingerprint density at radius 2 is 1.82 bits per heavy atom. The summed E-state index contributed by atoms with van der Waals surface area (Å²) in [5, 5.41) is 9.19. The van der Waals surface area contributed by atoms with Crippen molar-refractivity contribution < 1.29 is 13.5 Å². The van der Waals surface area contributed by atoms with Gasteiger partial charge in [0.1, 0.15) is 15.6 Å². The third kappa shape index (κ3) is 4.75. The first-order valence-corrected chi connectivity index (χ1v) is 7.52. The van der Waals surface area contributed by atoms with Gasteiger partial charge in [-0.2, -0.15) is 0 Å². The molecule has 0 amide bonds. The van der Waals surface area contributed by atoms with Crippen LogP contribution in [0.25, 0.3) is 0 Å². The summed E-state index contributed by atoms with van der Waals surface area (Å²) in [7, 11) is -1.03. The van der Waals surface area contributed by atoms with Gasteiger partial charge >= 0.3 is 0 Å². The molecule has 0 heterocycles. The normalized spacial score (nSPS) is 13.9. The van der Waals surface area contributed by atoms with E-state index >= 15 is 0 Å². The molecule has 0 aliphatic carbocycles. The topological polar surface area (TPSA) is 57.6 Å². The zero-order valence-electron chi connectivity index (χ0n) is 10.4. The van der Waals surface area contributed by atoms with Gasteiger partial charge in [0.05, 0.1) is 5.75 Å². The number of aromatic hydroxyl groups is 1. The monoisotopic (exact) mass is 257 g/mol. The van der Waals surface area contributed by atoms with E-state index in [1.54, 1.807) is 12.1 Å². The lowest BCUT2D eigenvalue weighted by Crippen LogP contribution is -2.28. The molecule has 0 spiro atoms. The molecule has 0 bridgehead atoms. The van der Waals surface area contributed by atoms with E-state index in [1.165, 1.54) is 6.26 Å². The predicted octanol–water partition coefficient (Wildman–Crippen LogP) is 1.43. The molecule has 1 aromatic carbocycles. The number of phenols is 1. The Morgan fingerprint density at radius 3 is 2.29 bits per heavy atom. The van der Waals surface area contributed by atoms with Crippen LogP contribution in [0, 0.1) is 0 Å². The van der Waals surface area contributed by atoms with Gasteiger partial charge in [0, 0.05) is 18.8 Å². The fourth-order valence-electron chi connectivity index (χ4n) is 1.51. The predicted molar refractivity (Wildman–Crippen MR) is 68.9 cm³/mol. The maximum absolute atomic E-state index is 11.1. The van der Waals surface area contributed by atoms with Crippen LogP contribution in [0.1, 0.15) is 18.5 Å². The maximum Gasteiger partial charge on any atom is 0.148 e. The molecular formula is C12H19NO3S. The number of phenolic OH excluding ortho intramolecular Hbond substituents is 1. The Kier molecular flexibility index (Phi) is 4.54. The number of nitrogens with zero attached hydrogens (tertiary/aromatic N) is 1. The summed E-state index contributed by atoms with van der Waals surface area (Å²) in [6, 6.07) is 7.08. The van der Waals surface area contributed by atoms with Crippen LogP contribution in [0.15, 0.2) is 24.3 Å². The Balaban J connectivity index is 2.63. The van der Waals surface area contributed by atoms with Gasteiger partial charge in [0.15, 0.2) is 0 Å². The maximum atomic E-state index is 11.1. The van der Waals surface area contributed by atoms with Gasteiger partial charge < -0.3 is 5.11 Å². The van der Waals surface area contributed by atoms with Gasteiger partial charge in [-0.15, -0.1) is 0 Å². The average Bonchev–Trinajstić information content (AvgIpc) is 2.25. The van der Waals surface area contributed by atoms with E-state index in [2.05, 4.69) is 0 Å². The smallest absolute Gasteiger partial charge is 0.148 e. The summed E-state index contributed by atoms with van der Waals surface area (Å²) in [6.07, 6.45) is 1.24. The molecule has 96 valence electrons. The zero-order chi connectivity index (χ0) is 13.1. The summed E-state index contributed by atoms with van der Waals surface area (Å²) in [5.74, 6) is 0.395. The molecule has 5 heteroatoms. The molecular weight excluding hydrogens is 238 g/mol. The minimum Gasteiger partial charge on any atom is -0.508 e. The number of sulfone groups is 1. The number of hydrogen-bond donors (Lipinski definition) is 1. The first kappa shape index (κ1) is 14.0. The molecule has 0 aliphatic rings. The fraction of sp³-hybridized carbons (Fsp3) is 0.500. The molecule has 0 saturated carbocycles. The van der Waals surface area contributed by atoms with Crippen molar-refractivity contribution in [1.82, 2.24) is 4.90 Å². The van der Waals surface area contributed by atoms with Crippen LogP contribution in [0.4, 0.5) is 0 Å². The van der Waals surface area contributed by atoms with Crippen molar-refractivity contribution in [2.75, 3.05) is 25.6 Å². The van der Waals surface area contributed by atoms with Gasteiger partial charge in [-0.05, 0) is 31.7 Å². The minimum atomic E-state index is -2.92. The average molecular weight is 257 g/mol. The quantitative estimate of drug-likeness (QED) is 0.867. The summed E-state index contributed by atoms with van der Waals surface area (Å²) < 4.78 is 22.2. The first-order valence-electron chi connectivity index (χ1n) is 5.46. The van der Waals surface area contributed by atoms with Crippen molar-refractivity contribution >= 4 is 9.84 Å². The second kappa shape index (κ2) is 5.51. The van der Waals surface area contributed by atoms with Crippen LogP contribution in [0.3, 0.4) is 0 Å². The molecule has 1 aromatic rings. The summed E-state index contributed by atoms with van der Waals surface area (Å²) in [6.45, 7) is 2.51. The van der Waals surface area contributed by atoms with Crippen LogP contribution in [-0.4, -0.2) is 44.0 Å². The molecule has 1 atom stereocenters. The van der Waals surface area contributed by atoms with Crippen LogP contribution < -0.4 is 0 Å². The van der Waals surface area contributed by atoms with Crippen LogP contribution in [-0.2, 0) is 9.84 Å². The fourth-order valence-corrected chi connectivity index (χ4v) is 2.13. The highest BCUT2D eigenvalue weighted by Crippen LogP contribution is 2.20. The van der Waals surface area contributed by atoms with E-state index in [1.807, 2.05) is 31.0 Å². The Bertz CT molecular complexity index is 453. The number of rotatable bonds is 5. The van der Waals surface area contributed by atoms with Gasteiger partial charge in [0.25, 0.3) is 0 Å². The molecule has 0 aromatic heterocycles. The highest BCUT2D eigenvalue weighted by molar-refractivity contribution is 7.90. The van der Waals surface area contributed by atoms with E-state index in [0.717, 1.165) is 5.56 Å². The van der Waals surface area contributed by atoms with E-state index in [0.29, 0.717) is 6.54 Å². The number of hydrogen-bond acceptors (Lipinski definition) is 4. The second-order valence-corrected chi connectivity index (χ2v) is 6.64. The highest BCUT2D eigenvalue weighted by atomic mass is 32.2. The first-order chi connectivity index (χ1) is 7.79. The van der Waals surface area contributed by atoms with Crippen LogP contribution in [0.5, 0.6) is 5.75 Å². The molecule has 0 fully saturated rings. The lowest BCUT2D eigenvalue weighted by Gasteiger charge is -2.24. The molecule has 0 saturated heterocycles. The molecule has 1 unspecified atom stereocenters. The van der Waals surface area contributed by atoms with Gasteiger partial charge in [-0.3, -0.25) is 4.90 Å². The molecule has 0 aliphatic heterocycles. The van der Waals surface area contributed by atoms with E-state index < -0.39 is 9.84 Å². The van der Waals surface area contributed by atoms with Crippen molar-refractivity contribution in [1.29, 1.82) is 0 Å². The highest BCUT2D eigenvalue weighted by Gasteiger charge is 2.13. The lowest BCUT2D eigenvalue weighted by atomic mass is 10.1. The number of benzene rings is 1. The van der Waals surface area contributed by atoms with Crippen molar-refractivity contribution in [2.45, 2.75) is 13.0 Å². The third-order valence-corrected chi connectivity index (χ3v) is 3.78. The van der Waals surface area contributed by atoms with Gasteiger partial charge in [-0.25, -0.2) is 8.42 Å². The third-order valence-electron chi connectivity index (χ3n) is 2.85. The van der Waals surface area contributed by atoms with Crippen molar-refractivity contribution in [3.05, 3.63) is 29.8 Å². The standard InChI is InChI=1S/C12H19NO3S/c1-10(11-4-6-12(14)7-5-11)13(2)8-9-17(3,15)16/h4-7,10,14H,8-9H2,1-3H3. The van der Waals surface area contributed by atoms with E-state index in [9.17, 15) is 13.5 Å². The van der Waals surface area contributed by atoms with Crippen LogP contribution >= 0.6 is 0 Å². The van der Waals surface area contributed by atoms with E-state index in [4.69, 9.17) is 0 Å². The largest absolute Gasteiger partial charge is 0.508 e. The van der Waals surface area contributed by atoms with Crippen molar-refractivity contribution in [2.24, 2.45) is 0 Å². The Morgan fingerprint density at radius 1 is 1.29 bits per heavy atom. The van der Waals surface area contributed by atoms with E-state index in [-0.39, 0.29) is 17.5 Å². The van der Waals surface area contributed by atoms with Crippen molar-refractivity contribution in [3.63, 3.8) is 0 Å². The SMILES string of the molecule is CC(c1ccc(O)cc1)N(C)CCS(C)(=O)=O. The Labute approximate surface area is 103 Å². The van der Waals surface area contributed by atoms with Crippen LogP contribution in [0.2, 0.25) is 0 Å². The summed E-state index contributed by atoms with van der Waals surface area (Å²) >= 11 is 0. The molecule has 1 rings (SSSR count). The minimum absolute atomic E-state index is 0.123. The van der Waals surface area contributed by atoms with Gasteiger partial charge in [0.2, 0.25) is 0 Å². The summed E-state index contributed by atoms with van der Waals surface area (Å²) in [4.78, 5) is 1.98. The molecule has 1 N–H and O–H groups in total. The summed E-state index contributed by atoms with van der Waals surface area (Å²) in [5.41, 5.74) is 1.05. The second-order valence-electron chi connectivity index (χ2n) is 4.38. The lowest BCUT2D eigenvalue weighted by molar-refractivity contribution is 0.276.